The second-order valence-corrected chi connectivity index (χ2v) is 8.02. The maximum Gasteiger partial charge on any atom is 0.338 e. The van der Waals surface area contributed by atoms with Crippen molar-refractivity contribution in [2.75, 3.05) is 6.61 Å². The van der Waals surface area contributed by atoms with Gasteiger partial charge in [-0.1, -0.05) is 54.6 Å². The Morgan fingerprint density at radius 2 is 1.11 bits per heavy atom. The Kier molecular flexibility index (Phi) is 8.04. The van der Waals surface area contributed by atoms with Gasteiger partial charge in [0.1, 0.15) is 18.9 Å². The summed E-state index contributed by atoms with van der Waals surface area (Å²) in [6, 6.07) is 24.1. The van der Waals surface area contributed by atoms with Crippen LogP contribution in [0.4, 0.5) is 4.39 Å². The molecular weight excluding hydrogens is 469 g/mol. The summed E-state index contributed by atoms with van der Waals surface area (Å²) in [6.45, 7) is -0.499. The summed E-state index contributed by atoms with van der Waals surface area (Å²) >= 11 is 0. The van der Waals surface area contributed by atoms with E-state index >= 15 is 4.39 Å². The summed E-state index contributed by atoms with van der Waals surface area (Å²) in [5.74, 6) is -2.31. The number of halogens is 1. The summed E-state index contributed by atoms with van der Waals surface area (Å²) in [5, 5.41) is 0. The fourth-order valence-corrected chi connectivity index (χ4v) is 3.68. The van der Waals surface area contributed by atoms with Crippen molar-refractivity contribution >= 4 is 17.9 Å². The minimum Gasteiger partial charge on any atom is -0.459 e. The second kappa shape index (κ2) is 11.6. The number of ether oxygens (including phenoxy) is 4. The van der Waals surface area contributed by atoms with Gasteiger partial charge in [-0.2, -0.15) is 0 Å². The molecular formula is C27H24FNO7. The monoisotopic (exact) mass is 493 g/mol. The van der Waals surface area contributed by atoms with E-state index < -0.39 is 55.2 Å². The van der Waals surface area contributed by atoms with Crippen molar-refractivity contribution in [2.45, 2.75) is 30.7 Å². The lowest BCUT2D eigenvalue weighted by Gasteiger charge is -2.41. The first-order valence-electron chi connectivity index (χ1n) is 11.2. The quantitative estimate of drug-likeness (QED) is 0.394. The first-order valence-corrected chi connectivity index (χ1v) is 11.2. The summed E-state index contributed by atoms with van der Waals surface area (Å²) in [4.78, 5) is 37.7. The van der Waals surface area contributed by atoms with Crippen molar-refractivity contribution in [3.05, 3.63) is 108 Å². The molecule has 9 heteroatoms. The predicted octanol–water partition coefficient (Wildman–Crippen LogP) is 3.32. The van der Waals surface area contributed by atoms with Crippen LogP contribution < -0.4 is 5.73 Å². The van der Waals surface area contributed by atoms with Gasteiger partial charge in [-0.05, 0) is 36.4 Å². The summed E-state index contributed by atoms with van der Waals surface area (Å²) in [6.07, 6.45) is -7.82. The third-order valence-electron chi connectivity index (χ3n) is 5.54. The normalized spacial score (nSPS) is 23.3. The Hall–Kier alpha value is -4.08. The molecule has 0 aromatic heterocycles. The average Bonchev–Trinajstić information content (AvgIpc) is 2.92. The van der Waals surface area contributed by atoms with Gasteiger partial charge in [0.2, 0.25) is 0 Å². The highest BCUT2D eigenvalue weighted by Crippen LogP contribution is 2.28. The van der Waals surface area contributed by atoms with Crippen LogP contribution in [-0.4, -0.2) is 55.2 Å². The first-order chi connectivity index (χ1) is 17.4. The number of esters is 3. The molecule has 0 bridgehead atoms. The van der Waals surface area contributed by atoms with Crippen LogP contribution in [-0.2, 0) is 18.9 Å². The van der Waals surface area contributed by atoms with E-state index in [1.165, 1.54) is 24.3 Å². The SMILES string of the molecule is NC1OC(COC(=O)c2ccccc2)C(F)C(OC(=O)c2ccccc2)C1OC(=O)c1ccccc1. The largest absolute Gasteiger partial charge is 0.459 e. The van der Waals surface area contributed by atoms with Crippen molar-refractivity contribution < 1.29 is 37.7 Å². The molecule has 1 heterocycles. The lowest BCUT2D eigenvalue weighted by Crippen LogP contribution is -2.62. The summed E-state index contributed by atoms with van der Waals surface area (Å²) in [5.41, 5.74) is 6.73. The third kappa shape index (κ3) is 5.94. The number of alkyl halides is 1. The van der Waals surface area contributed by atoms with Crippen LogP contribution in [0.2, 0.25) is 0 Å². The lowest BCUT2D eigenvalue weighted by atomic mass is 9.99. The molecule has 0 spiro atoms. The molecule has 1 saturated heterocycles. The molecule has 5 atom stereocenters. The average molecular weight is 493 g/mol. The molecule has 8 nitrogen and oxygen atoms in total. The maximum absolute atomic E-state index is 15.7. The Labute approximate surface area is 206 Å². The highest BCUT2D eigenvalue weighted by Gasteiger charge is 2.50. The smallest absolute Gasteiger partial charge is 0.338 e. The molecule has 3 aromatic rings. The summed E-state index contributed by atoms with van der Waals surface area (Å²) in [7, 11) is 0. The van der Waals surface area contributed by atoms with E-state index in [1.807, 2.05) is 0 Å². The molecule has 1 fully saturated rings. The topological polar surface area (TPSA) is 114 Å². The fourth-order valence-electron chi connectivity index (χ4n) is 3.68. The van der Waals surface area contributed by atoms with Crippen LogP contribution in [0, 0.1) is 0 Å². The van der Waals surface area contributed by atoms with Crippen molar-refractivity contribution in [1.82, 2.24) is 0 Å². The van der Waals surface area contributed by atoms with Crippen LogP contribution in [0.3, 0.4) is 0 Å². The number of carbonyl (C=O) groups excluding carboxylic acids is 3. The zero-order valence-electron chi connectivity index (χ0n) is 19.1. The number of hydrogen-bond acceptors (Lipinski definition) is 8. The molecule has 1 aliphatic heterocycles. The van der Waals surface area contributed by atoms with Crippen LogP contribution in [0.1, 0.15) is 31.1 Å². The van der Waals surface area contributed by atoms with E-state index in [2.05, 4.69) is 0 Å². The van der Waals surface area contributed by atoms with Gasteiger partial charge in [0.05, 0.1) is 16.7 Å². The highest BCUT2D eigenvalue weighted by molar-refractivity contribution is 5.90. The second-order valence-electron chi connectivity index (χ2n) is 8.02. The fraction of sp³-hybridized carbons (Fsp3) is 0.222. The van der Waals surface area contributed by atoms with Crippen LogP contribution in [0.5, 0.6) is 0 Å². The van der Waals surface area contributed by atoms with E-state index in [0.29, 0.717) is 0 Å². The zero-order chi connectivity index (χ0) is 25.5. The van der Waals surface area contributed by atoms with Crippen molar-refractivity contribution in [1.29, 1.82) is 0 Å². The molecule has 2 N–H and O–H groups in total. The molecule has 186 valence electrons. The van der Waals surface area contributed by atoms with Gasteiger partial charge in [-0.15, -0.1) is 0 Å². The number of rotatable bonds is 7. The summed E-state index contributed by atoms with van der Waals surface area (Å²) < 4.78 is 37.3. The highest BCUT2D eigenvalue weighted by atomic mass is 19.1. The molecule has 3 aromatic carbocycles. The molecule has 36 heavy (non-hydrogen) atoms. The van der Waals surface area contributed by atoms with Gasteiger partial charge < -0.3 is 24.7 Å². The predicted molar refractivity (Wildman–Crippen MR) is 126 cm³/mol. The molecule has 0 radical (unpaired) electrons. The van der Waals surface area contributed by atoms with E-state index in [-0.39, 0.29) is 16.7 Å². The standard InChI is InChI=1S/C27H24FNO7/c28-21-20(16-33-25(30)17-10-4-1-5-11-17)34-24(29)23(36-27(32)19-14-8-3-9-15-19)22(21)35-26(31)18-12-6-2-7-13-18/h1-15,20-24H,16,29H2. The van der Waals surface area contributed by atoms with Gasteiger partial charge in [-0.25, -0.2) is 18.8 Å². The van der Waals surface area contributed by atoms with Crippen molar-refractivity contribution in [2.24, 2.45) is 5.73 Å². The van der Waals surface area contributed by atoms with Crippen LogP contribution >= 0.6 is 0 Å². The Morgan fingerprint density at radius 3 is 1.58 bits per heavy atom. The van der Waals surface area contributed by atoms with Gasteiger partial charge >= 0.3 is 17.9 Å². The number of nitrogens with two attached hydrogens (primary N) is 1. The minimum atomic E-state index is -2.02. The minimum absolute atomic E-state index is 0.171. The molecule has 4 rings (SSSR count). The third-order valence-corrected chi connectivity index (χ3v) is 5.54. The zero-order valence-corrected chi connectivity index (χ0v) is 19.1. The molecule has 0 amide bonds. The van der Waals surface area contributed by atoms with Gasteiger partial charge in [0.25, 0.3) is 0 Å². The van der Waals surface area contributed by atoms with Crippen molar-refractivity contribution in [3.8, 4) is 0 Å². The number of benzene rings is 3. The Morgan fingerprint density at radius 1 is 0.694 bits per heavy atom. The maximum atomic E-state index is 15.7. The van der Waals surface area contributed by atoms with E-state index in [4.69, 9.17) is 24.7 Å². The van der Waals surface area contributed by atoms with Gasteiger partial charge in [-0.3, -0.25) is 0 Å². The van der Waals surface area contributed by atoms with Gasteiger partial charge in [0, 0.05) is 0 Å². The Bertz CT molecular complexity index is 1180. The van der Waals surface area contributed by atoms with E-state index in [1.54, 1.807) is 66.7 Å². The molecule has 1 aliphatic rings. The molecule has 0 saturated carbocycles. The van der Waals surface area contributed by atoms with Crippen molar-refractivity contribution in [3.63, 3.8) is 0 Å². The van der Waals surface area contributed by atoms with Crippen LogP contribution in [0.25, 0.3) is 0 Å². The number of hydrogen-bond donors (Lipinski definition) is 1. The number of carbonyl (C=O) groups is 3. The lowest BCUT2D eigenvalue weighted by molar-refractivity contribution is -0.210. The molecule has 0 aliphatic carbocycles. The van der Waals surface area contributed by atoms with E-state index in [9.17, 15) is 14.4 Å². The first kappa shape index (κ1) is 25.0. The van der Waals surface area contributed by atoms with Crippen LogP contribution in [0.15, 0.2) is 91.0 Å². The molecule has 5 unspecified atom stereocenters. The van der Waals surface area contributed by atoms with Gasteiger partial charge in [0.15, 0.2) is 18.4 Å². The van der Waals surface area contributed by atoms with E-state index in [0.717, 1.165) is 0 Å². The Balaban J connectivity index is 1.52.